The van der Waals surface area contributed by atoms with Gasteiger partial charge in [0, 0.05) is 17.5 Å². The third-order valence-corrected chi connectivity index (χ3v) is 3.84. The van der Waals surface area contributed by atoms with Crippen molar-refractivity contribution in [3.63, 3.8) is 0 Å². The Balaban J connectivity index is 1.62. The Hall–Kier alpha value is -3.74. The van der Waals surface area contributed by atoms with Gasteiger partial charge in [0.15, 0.2) is 0 Å². The van der Waals surface area contributed by atoms with Gasteiger partial charge in [-0.05, 0) is 50.2 Å². The van der Waals surface area contributed by atoms with Gasteiger partial charge in [-0.15, -0.1) is 0 Å². The SMILES string of the molecule is CCOC(=O)c1ccc(-c2ccc(/C=N/NC(=O)c3ccc(C)nc3)o2)cc1. The average Bonchev–Trinajstić information content (AvgIpc) is 3.17. The Morgan fingerprint density at radius 3 is 2.54 bits per heavy atom. The van der Waals surface area contributed by atoms with Crippen molar-refractivity contribution in [3.8, 4) is 11.3 Å². The van der Waals surface area contributed by atoms with Gasteiger partial charge in [0.25, 0.3) is 5.91 Å². The van der Waals surface area contributed by atoms with Gasteiger partial charge in [-0.2, -0.15) is 5.10 Å². The van der Waals surface area contributed by atoms with Crippen LogP contribution < -0.4 is 5.43 Å². The van der Waals surface area contributed by atoms with Crippen molar-refractivity contribution in [1.29, 1.82) is 0 Å². The predicted molar refractivity (Wildman–Crippen MR) is 104 cm³/mol. The van der Waals surface area contributed by atoms with Crippen molar-refractivity contribution in [2.75, 3.05) is 6.61 Å². The highest BCUT2D eigenvalue weighted by molar-refractivity contribution is 5.94. The first kappa shape index (κ1) is 19.0. The summed E-state index contributed by atoms with van der Waals surface area (Å²) in [6.07, 6.45) is 2.90. The van der Waals surface area contributed by atoms with Crippen LogP contribution in [-0.2, 0) is 4.74 Å². The van der Waals surface area contributed by atoms with Crippen molar-refractivity contribution >= 4 is 18.1 Å². The summed E-state index contributed by atoms with van der Waals surface area (Å²) in [5.41, 5.74) is 4.97. The second-order valence-electron chi connectivity index (χ2n) is 5.89. The summed E-state index contributed by atoms with van der Waals surface area (Å²) in [6.45, 7) is 3.94. The fourth-order valence-electron chi connectivity index (χ4n) is 2.38. The summed E-state index contributed by atoms with van der Waals surface area (Å²) in [7, 11) is 0. The first-order valence-corrected chi connectivity index (χ1v) is 8.70. The molecule has 0 aliphatic rings. The van der Waals surface area contributed by atoms with E-state index in [1.807, 2.05) is 6.92 Å². The molecule has 0 atom stereocenters. The Morgan fingerprint density at radius 2 is 1.86 bits per heavy atom. The first-order chi connectivity index (χ1) is 13.6. The first-order valence-electron chi connectivity index (χ1n) is 8.70. The molecule has 0 saturated heterocycles. The van der Waals surface area contributed by atoms with Gasteiger partial charge in [-0.3, -0.25) is 9.78 Å². The molecule has 0 spiro atoms. The molecule has 0 bridgehead atoms. The summed E-state index contributed by atoms with van der Waals surface area (Å²) in [4.78, 5) is 27.7. The van der Waals surface area contributed by atoms with E-state index in [1.54, 1.807) is 55.5 Å². The van der Waals surface area contributed by atoms with E-state index in [2.05, 4.69) is 15.5 Å². The van der Waals surface area contributed by atoms with Crippen LogP contribution in [0.25, 0.3) is 11.3 Å². The number of nitrogens with one attached hydrogen (secondary N) is 1. The molecule has 1 N–H and O–H groups in total. The van der Waals surface area contributed by atoms with E-state index in [4.69, 9.17) is 9.15 Å². The smallest absolute Gasteiger partial charge is 0.338 e. The van der Waals surface area contributed by atoms with E-state index < -0.39 is 0 Å². The molecule has 142 valence electrons. The van der Waals surface area contributed by atoms with E-state index in [-0.39, 0.29) is 11.9 Å². The van der Waals surface area contributed by atoms with Gasteiger partial charge < -0.3 is 9.15 Å². The van der Waals surface area contributed by atoms with Crippen LogP contribution >= 0.6 is 0 Å². The van der Waals surface area contributed by atoms with E-state index >= 15 is 0 Å². The zero-order chi connectivity index (χ0) is 19.9. The van der Waals surface area contributed by atoms with E-state index in [1.165, 1.54) is 12.4 Å². The lowest BCUT2D eigenvalue weighted by atomic mass is 10.1. The Bertz CT molecular complexity index is 989. The van der Waals surface area contributed by atoms with Crippen molar-refractivity contribution in [2.24, 2.45) is 5.10 Å². The second kappa shape index (κ2) is 8.77. The van der Waals surface area contributed by atoms with Crippen LogP contribution in [-0.4, -0.2) is 29.7 Å². The zero-order valence-corrected chi connectivity index (χ0v) is 15.5. The number of carbonyl (C=O) groups is 2. The van der Waals surface area contributed by atoms with Crippen LogP contribution in [0.2, 0.25) is 0 Å². The van der Waals surface area contributed by atoms with Crippen LogP contribution in [0.15, 0.2) is 64.2 Å². The molecule has 1 amide bonds. The van der Waals surface area contributed by atoms with Crippen molar-refractivity contribution in [2.45, 2.75) is 13.8 Å². The normalized spacial score (nSPS) is 10.8. The van der Waals surface area contributed by atoms with Crippen molar-refractivity contribution < 1.29 is 18.7 Å². The number of esters is 1. The Kier molecular flexibility index (Phi) is 5.96. The van der Waals surface area contributed by atoms with Crippen molar-refractivity contribution in [1.82, 2.24) is 10.4 Å². The van der Waals surface area contributed by atoms with Crippen LogP contribution in [0.4, 0.5) is 0 Å². The Morgan fingerprint density at radius 1 is 1.11 bits per heavy atom. The second-order valence-corrected chi connectivity index (χ2v) is 5.89. The standard InChI is InChI=1S/C21H19N3O4/c1-3-27-21(26)16-8-6-15(7-9-16)19-11-10-18(28-19)13-23-24-20(25)17-5-4-14(2)22-12-17/h4-13H,3H2,1-2H3,(H,24,25)/b23-13+. The number of furan rings is 1. The number of hydrazone groups is 1. The molecule has 3 rings (SSSR count). The van der Waals surface area contributed by atoms with Crippen LogP contribution in [0, 0.1) is 6.92 Å². The number of rotatable bonds is 6. The fraction of sp³-hybridized carbons (Fsp3) is 0.143. The molecule has 28 heavy (non-hydrogen) atoms. The van der Waals surface area contributed by atoms with E-state index in [0.717, 1.165) is 11.3 Å². The third kappa shape index (κ3) is 4.70. The minimum atomic E-state index is -0.360. The monoisotopic (exact) mass is 377 g/mol. The number of carbonyl (C=O) groups excluding carboxylic acids is 2. The largest absolute Gasteiger partial charge is 0.462 e. The lowest BCUT2D eigenvalue weighted by Crippen LogP contribution is -2.17. The van der Waals surface area contributed by atoms with Crippen LogP contribution in [0.3, 0.4) is 0 Å². The molecule has 7 heteroatoms. The molecular weight excluding hydrogens is 358 g/mol. The van der Waals surface area contributed by atoms with Gasteiger partial charge >= 0.3 is 5.97 Å². The van der Waals surface area contributed by atoms with Gasteiger partial charge in [-0.1, -0.05) is 12.1 Å². The maximum absolute atomic E-state index is 12.0. The number of hydrogen-bond donors (Lipinski definition) is 1. The molecule has 3 aromatic rings. The molecular formula is C21H19N3O4. The van der Waals surface area contributed by atoms with E-state index in [9.17, 15) is 9.59 Å². The molecule has 2 aromatic heterocycles. The molecule has 7 nitrogen and oxygen atoms in total. The number of pyridine rings is 1. The number of amides is 1. The summed E-state index contributed by atoms with van der Waals surface area (Å²) in [5, 5.41) is 3.90. The quantitative estimate of drug-likeness (QED) is 0.402. The highest BCUT2D eigenvalue weighted by atomic mass is 16.5. The summed E-state index contributed by atoms with van der Waals surface area (Å²) in [5.74, 6) is 0.378. The van der Waals surface area contributed by atoms with Gasteiger partial charge in [0.05, 0.1) is 23.9 Å². The molecule has 0 saturated carbocycles. The maximum Gasteiger partial charge on any atom is 0.338 e. The average molecular weight is 377 g/mol. The van der Waals surface area contributed by atoms with Gasteiger partial charge in [-0.25, -0.2) is 10.2 Å². The number of ether oxygens (including phenoxy) is 1. The minimum absolute atomic E-state index is 0.332. The summed E-state index contributed by atoms with van der Waals surface area (Å²) >= 11 is 0. The molecule has 0 aliphatic heterocycles. The molecule has 0 aliphatic carbocycles. The molecule has 0 unspecified atom stereocenters. The number of aromatic nitrogens is 1. The van der Waals surface area contributed by atoms with Crippen molar-refractivity contribution in [3.05, 3.63) is 77.3 Å². The highest BCUT2D eigenvalue weighted by Crippen LogP contribution is 2.22. The molecule has 2 heterocycles. The topological polar surface area (TPSA) is 93.8 Å². The lowest BCUT2D eigenvalue weighted by Gasteiger charge is -2.02. The number of hydrogen-bond acceptors (Lipinski definition) is 6. The Labute approximate surface area is 162 Å². The number of benzene rings is 1. The number of aryl methyl sites for hydroxylation is 1. The zero-order valence-electron chi connectivity index (χ0n) is 15.5. The van der Waals surface area contributed by atoms with Gasteiger partial charge in [0.2, 0.25) is 0 Å². The van der Waals surface area contributed by atoms with E-state index in [0.29, 0.717) is 29.3 Å². The fourth-order valence-corrected chi connectivity index (χ4v) is 2.38. The maximum atomic E-state index is 12.0. The minimum Gasteiger partial charge on any atom is -0.462 e. The summed E-state index contributed by atoms with van der Waals surface area (Å²) < 4.78 is 10.7. The summed E-state index contributed by atoms with van der Waals surface area (Å²) in [6, 6.07) is 13.9. The third-order valence-electron chi connectivity index (χ3n) is 3.84. The van der Waals surface area contributed by atoms with Crippen LogP contribution in [0.1, 0.15) is 39.1 Å². The number of nitrogens with zero attached hydrogens (tertiary/aromatic N) is 2. The highest BCUT2D eigenvalue weighted by Gasteiger charge is 2.09. The molecule has 0 radical (unpaired) electrons. The van der Waals surface area contributed by atoms with Gasteiger partial charge in [0.1, 0.15) is 11.5 Å². The lowest BCUT2D eigenvalue weighted by molar-refractivity contribution is 0.0526. The molecule has 1 aromatic carbocycles. The molecule has 0 fully saturated rings. The van der Waals surface area contributed by atoms with Crippen LogP contribution in [0.5, 0.6) is 0 Å². The predicted octanol–water partition coefficient (Wildman–Crippen LogP) is 3.59.